The second kappa shape index (κ2) is 9.64. The third-order valence-corrected chi connectivity index (χ3v) is 6.51. The minimum Gasteiger partial charge on any atom is -0.378 e. The van der Waals surface area contributed by atoms with Gasteiger partial charge >= 0.3 is 0 Å². The molecule has 8 nitrogen and oxygen atoms in total. The zero-order valence-electron chi connectivity index (χ0n) is 20.0. The number of nitrogens with two attached hydrogens (primary N) is 3. The first-order chi connectivity index (χ1) is 15.7. The number of nitrogens with one attached hydrogen (secondary N) is 1. The highest BCUT2D eigenvalue weighted by molar-refractivity contribution is 5.98. The van der Waals surface area contributed by atoms with E-state index in [-0.39, 0.29) is 5.91 Å². The molecule has 0 saturated heterocycles. The molecule has 0 spiro atoms. The average molecular weight is 450 g/mol. The van der Waals surface area contributed by atoms with Crippen molar-refractivity contribution < 1.29 is 4.79 Å². The number of benzene rings is 2. The number of hydrazone groups is 1. The van der Waals surface area contributed by atoms with E-state index in [9.17, 15) is 4.79 Å². The van der Waals surface area contributed by atoms with Gasteiger partial charge in [-0.2, -0.15) is 5.10 Å². The Bertz CT molecular complexity index is 1020. The fraction of sp³-hybridized carbons (Fsp3) is 0.360. The van der Waals surface area contributed by atoms with Crippen molar-refractivity contribution in [3.8, 4) is 0 Å². The van der Waals surface area contributed by atoms with E-state index < -0.39 is 5.41 Å². The fourth-order valence-corrected chi connectivity index (χ4v) is 4.81. The van der Waals surface area contributed by atoms with Crippen LogP contribution in [0.2, 0.25) is 0 Å². The number of amides is 1. The van der Waals surface area contributed by atoms with Crippen LogP contribution in [0.5, 0.6) is 0 Å². The smallest absolute Gasteiger partial charge is 0.253 e. The number of amidine groups is 1. The summed E-state index contributed by atoms with van der Waals surface area (Å²) in [6, 6.07) is 12.2. The van der Waals surface area contributed by atoms with Gasteiger partial charge in [-0.15, -0.1) is 0 Å². The normalized spacial score (nSPS) is 17.5. The molecule has 8 heteroatoms. The van der Waals surface area contributed by atoms with Gasteiger partial charge in [-0.05, 0) is 71.8 Å². The molecule has 0 aliphatic heterocycles. The summed E-state index contributed by atoms with van der Waals surface area (Å²) in [6.07, 6.45) is 2.08. The Morgan fingerprint density at radius 3 is 2.03 bits per heavy atom. The molecule has 1 atom stereocenters. The largest absolute Gasteiger partial charge is 0.378 e. The van der Waals surface area contributed by atoms with Crippen molar-refractivity contribution in [3.63, 3.8) is 0 Å². The van der Waals surface area contributed by atoms with E-state index in [0.29, 0.717) is 24.4 Å². The van der Waals surface area contributed by atoms with Crippen LogP contribution in [0.15, 0.2) is 48.1 Å². The zero-order chi connectivity index (χ0) is 24.3. The lowest BCUT2D eigenvalue weighted by Crippen LogP contribution is -2.50. The first-order valence-electron chi connectivity index (χ1n) is 11.0. The molecule has 3 rings (SSSR count). The molecule has 1 aliphatic carbocycles. The first kappa shape index (κ1) is 24.3. The summed E-state index contributed by atoms with van der Waals surface area (Å²) in [7, 11) is 7.45. The van der Waals surface area contributed by atoms with E-state index >= 15 is 0 Å². The van der Waals surface area contributed by atoms with Gasteiger partial charge in [0, 0.05) is 39.5 Å². The maximum absolute atomic E-state index is 12.7. The SMILES string of the molecule is C=C(c1ccc2c(c1)CCc1cc(C(=O)N(C)C)ccc1C2(CCN)/C(=N/N)NN)N(C)C. The van der Waals surface area contributed by atoms with Gasteiger partial charge in [-0.1, -0.05) is 24.8 Å². The maximum atomic E-state index is 12.7. The number of fused-ring (bicyclic) bond motifs is 2. The van der Waals surface area contributed by atoms with Gasteiger partial charge < -0.3 is 26.8 Å². The molecule has 7 N–H and O–H groups in total. The van der Waals surface area contributed by atoms with Crippen LogP contribution in [-0.4, -0.2) is 56.3 Å². The summed E-state index contributed by atoms with van der Waals surface area (Å²) in [5.41, 5.74) is 15.0. The third kappa shape index (κ3) is 4.19. The molecule has 0 radical (unpaired) electrons. The van der Waals surface area contributed by atoms with Gasteiger partial charge in [0.05, 0.1) is 5.41 Å². The quantitative estimate of drug-likeness (QED) is 0.229. The molecule has 2 aromatic carbocycles. The van der Waals surface area contributed by atoms with Crippen LogP contribution in [0.1, 0.15) is 44.6 Å². The summed E-state index contributed by atoms with van der Waals surface area (Å²) in [4.78, 5) is 16.2. The molecule has 0 saturated carbocycles. The van der Waals surface area contributed by atoms with Gasteiger partial charge in [-0.25, -0.2) is 5.84 Å². The molecule has 1 unspecified atom stereocenters. The van der Waals surface area contributed by atoms with Crippen molar-refractivity contribution in [1.82, 2.24) is 15.2 Å². The van der Waals surface area contributed by atoms with Crippen LogP contribution in [0.3, 0.4) is 0 Å². The van der Waals surface area contributed by atoms with Crippen LogP contribution in [-0.2, 0) is 18.3 Å². The molecule has 1 amide bonds. The molecule has 176 valence electrons. The summed E-state index contributed by atoms with van der Waals surface area (Å²) in [5, 5.41) is 4.06. The Labute approximate surface area is 196 Å². The summed E-state index contributed by atoms with van der Waals surface area (Å²) >= 11 is 0. The lowest BCUT2D eigenvalue weighted by Gasteiger charge is -2.37. The predicted molar refractivity (Wildman–Crippen MR) is 134 cm³/mol. The molecule has 0 bridgehead atoms. The Kier molecular flexibility index (Phi) is 7.09. The lowest BCUT2D eigenvalue weighted by atomic mass is 9.68. The van der Waals surface area contributed by atoms with Crippen LogP contribution in [0, 0.1) is 0 Å². The monoisotopic (exact) mass is 449 g/mol. The highest BCUT2D eigenvalue weighted by Gasteiger charge is 2.44. The average Bonchev–Trinajstić information content (AvgIpc) is 2.93. The number of hydrogen-bond acceptors (Lipinski definition) is 6. The molecule has 0 heterocycles. The number of rotatable bonds is 6. The highest BCUT2D eigenvalue weighted by Crippen LogP contribution is 2.43. The highest BCUT2D eigenvalue weighted by atomic mass is 16.2. The Hall–Kier alpha value is -3.36. The first-order valence-corrected chi connectivity index (χ1v) is 11.0. The van der Waals surface area contributed by atoms with E-state index in [0.717, 1.165) is 46.4 Å². The Morgan fingerprint density at radius 1 is 1.03 bits per heavy atom. The van der Waals surface area contributed by atoms with Crippen molar-refractivity contribution in [2.75, 3.05) is 34.7 Å². The van der Waals surface area contributed by atoms with E-state index in [1.807, 2.05) is 37.2 Å². The molecular weight excluding hydrogens is 414 g/mol. The van der Waals surface area contributed by atoms with Gasteiger partial charge in [0.2, 0.25) is 0 Å². The van der Waals surface area contributed by atoms with Crippen molar-refractivity contribution in [3.05, 3.63) is 76.4 Å². The molecule has 1 aliphatic rings. The Balaban J connectivity index is 2.32. The van der Waals surface area contributed by atoms with Crippen molar-refractivity contribution in [2.45, 2.75) is 24.7 Å². The van der Waals surface area contributed by atoms with Crippen LogP contribution in [0.4, 0.5) is 0 Å². The van der Waals surface area contributed by atoms with E-state index in [1.54, 1.807) is 19.0 Å². The molecule has 0 aromatic heterocycles. The second-order valence-corrected chi connectivity index (χ2v) is 8.85. The molecule has 33 heavy (non-hydrogen) atoms. The summed E-state index contributed by atoms with van der Waals surface area (Å²) in [6.45, 7) is 4.60. The standard InChI is InChI=1S/C25H35N7O/c1-16(31(2)3)17-8-10-21-18(14-17)6-7-19-15-20(23(33)32(4)5)9-11-22(19)25(21,12-13-26)24(29-27)30-28/h8-11,14-15H,1,6-7,12-13,26-28H2,2-5H3,(H,29,30). The maximum Gasteiger partial charge on any atom is 0.253 e. The van der Waals surface area contributed by atoms with Crippen LogP contribution in [0.25, 0.3) is 5.70 Å². The fourth-order valence-electron chi connectivity index (χ4n) is 4.81. The lowest BCUT2D eigenvalue weighted by molar-refractivity contribution is 0.0827. The van der Waals surface area contributed by atoms with Crippen molar-refractivity contribution >= 4 is 17.4 Å². The number of carbonyl (C=O) groups excluding carboxylic acids is 1. The van der Waals surface area contributed by atoms with Gasteiger partial charge in [-0.3, -0.25) is 4.79 Å². The number of hydrazine groups is 1. The molecular formula is C25H35N7O. The summed E-state index contributed by atoms with van der Waals surface area (Å²) < 4.78 is 0. The van der Waals surface area contributed by atoms with E-state index in [4.69, 9.17) is 17.4 Å². The van der Waals surface area contributed by atoms with Crippen LogP contribution < -0.4 is 22.8 Å². The number of hydrogen-bond donors (Lipinski definition) is 4. The third-order valence-electron chi connectivity index (χ3n) is 6.51. The van der Waals surface area contributed by atoms with Crippen molar-refractivity contribution in [1.29, 1.82) is 0 Å². The van der Waals surface area contributed by atoms with Crippen molar-refractivity contribution in [2.24, 2.45) is 22.5 Å². The zero-order valence-corrected chi connectivity index (χ0v) is 20.0. The topological polar surface area (TPSA) is 126 Å². The van der Waals surface area contributed by atoms with Gasteiger partial charge in [0.25, 0.3) is 5.91 Å². The second-order valence-electron chi connectivity index (χ2n) is 8.85. The van der Waals surface area contributed by atoms with Crippen LogP contribution >= 0.6 is 0 Å². The Morgan fingerprint density at radius 2 is 1.58 bits per heavy atom. The number of nitrogens with zero attached hydrogens (tertiary/aromatic N) is 3. The minimum atomic E-state index is -0.767. The number of aryl methyl sites for hydroxylation is 2. The molecule has 2 aromatic rings. The number of carbonyl (C=O) groups is 1. The molecule has 0 fully saturated rings. The summed E-state index contributed by atoms with van der Waals surface area (Å²) in [5.74, 6) is 12.2. The minimum absolute atomic E-state index is 0.0433. The van der Waals surface area contributed by atoms with Gasteiger partial charge in [0.1, 0.15) is 0 Å². The van der Waals surface area contributed by atoms with E-state index in [1.165, 1.54) is 0 Å². The predicted octanol–water partition coefficient (Wildman–Crippen LogP) is 1.39. The van der Waals surface area contributed by atoms with E-state index in [2.05, 4.69) is 35.3 Å². The van der Waals surface area contributed by atoms with Gasteiger partial charge in [0.15, 0.2) is 5.84 Å².